The van der Waals surface area contributed by atoms with Crippen LogP contribution in [-0.4, -0.2) is 23.2 Å². The van der Waals surface area contributed by atoms with Gasteiger partial charge in [0.15, 0.2) is 0 Å². The van der Waals surface area contributed by atoms with Crippen LogP contribution in [0.3, 0.4) is 0 Å². The van der Waals surface area contributed by atoms with E-state index >= 15 is 0 Å². The van der Waals surface area contributed by atoms with Crippen LogP contribution in [0.4, 0.5) is 0 Å². The minimum absolute atomic E-state index is 0.194. The lowest BCUT2D eigenvalue weighted by Crippen LogP contribution is -2.23. The number of hydrogen-bond donors (Lipinski definition) is 1. The van der Waals surface area contributed by atoms with Crippen LogP contribution >= 0.6 is 0 Å². The molecule has 1 aromatic carbocycles. The lowest BCUT2D eigenvalue weighted by Gasteiger charge is -2.05. The summed E-state index contributed by atoms with van der Waals surface area (Å²) >= 11 is 0. The molecule has 0 saturated carbocycles. The number of benzene rings is 1. The molecular weight excluding hydrogens is 324 g/mol. The molecule has 0 amide bonds. The molecule has 0 aliphatic carbocycles. The summed E-state index contributed by atoms with van der Waals surface area (Å²) in [4.78, 5) is 4.17. The highest BCUT2D eigenvalue weighted by Crippen LogP contribution is 2.15. The molecule has 0 aliphatic rings. The van der Waals surface area contributed by atoms with Gasteiger partial charge in [-0.3, -0.25) is 9.67 Å². The second-order valence-electron chi connectivity index (χ2n) is 5.45. The molecule has 0 spiro atoms. The second-order valence-corrected chi connectivity index (χ2v) is 7.18. The van der Waals surface area contributed by atoms with Crippen molar-refractivity contribution in [2.45, 2.75) is 24.9 Å². The average molecular weight is 342 g/mol. The van der Waals surface area contributed by atoms with E-state index in [-0.39, 0.29) is 11.4 Å². The second kappa shape index (κ2) is 6.94. The van der Waals surface area contributed by atoms with Gasteiger partial charge >= 0.3 is 0 Å². The molecule has 3 aromatic rings. The maximum Gasteiger partial charge on any atom is 0.244 e. The highest BCUT2D eigenvalue weighted by Gasteiger charge is 2.20. The summed E-state index contributed by atoms with van der Waals surface area (Å²) in [5, 5.41) is 4.31. The van der Waals surface area contributed by atoms with Crippen molar-refractivity contribution in [3.05, 3.63) is 77.9 Å². The van der Waals surface area contributed by atoms with Gasteiger partial charge in [0.05, 0.1) is 12.2 Å². The summed E-state index contributed by atoms with van der Waals surface area (Å²) in [5.74, 6) is 0. The first-order valence-electron chi connectivity index (χ1n) is 7.51. The Kier molecular flexibility index (Phi) is 4.73. The molecule has 0 unspecified atom stereocenters. The predicted molar refractivity (Wildman–Crippen MR) is 90.8 cm³/mol. The molecule has 0 aliphatic heterocycles. The number of rotatable bonds is 6. The Bertz CT molecular complexity index is 906. The van der Waals surface area contributed by atoms with E-state index in [2.05, 4.69) is 14.8 Å². The molecule has 124 valence electrons. The quantitative estimate of drug-likeness (QED) is 0.744. The van der Waals surface area contributed by atoms with Crippen LogP contribution in [0.2, 0.25) is 0 Å². The van der Waals surface area contributed by atoms with Crippen molar-refractivity contribution in [2.24, 2.45) is 0 Å². The highest BCUT2D eigenvalue weighted by molar-refractivity contribution is 7.89. The van der Waals surface area contributed by atoms with Gasteiger partial charge in [-0.2, -0.15) is 5.10 Å². The van der Waals surface area contributed by atoms with E-state index < -0.39 is 10.0 Å². The van der Waals surface area contributed by atoms with Gasteiger partial charge in [-0.05, 0) is 24.1 Å². The molecule has 0 saturated heterocycles. The SMILES string of the molecule is Cc1nn(Cc2ccccc2)cc1S(=O)(=O)NCc1cccnc1. The van der Waals surface area contributed by atoms with Gasteiger partial charge in [0.1, 0.15) is 4.90 Å². The van der Waals surface area contributed by atoms with Gasteiger partial charge in [-0.1, -0.05) is 36.4 Å². The van der Waals surface area contributed by atoms with Gasteiger partial charge in [0.2, 0.25) is 10.0 Å². The van der Waals surface area contributed by atoms with E-state index in [4.69, 9.17) is 0 Å². The van der Waals surface area contributed by atoms with E-state index in [0.29, 0.717) is 12.2 Å². The number of aromatic nitrogens is 3. The van der Waals surface area contributed by atoms with Gasteiger partial charge in [0.25, 0.3) is 0 Å². The van der Waals surface area contributed by atoms with Gasteiger partial charge in [0, 0.05) is 25.1 Å². The summed E-state index contributed by atoms with van der Waals surface area (Å²) in [6.07, 6.45) is 4.85. The molecule has 0 radical (unpaired) electrons. The fourth-order valence-electron chi connectivity index (χ4n) is 2.37. The van der Waals surface area contributed by atoms with Crippen LogP contribution < -0.4 is 4.72 Å². The Morgan fingerprint density at radius 2 is 1.83 bits per heavy atom. The fraction of sp³-hybridized carbons (Fsp3) is 0.176. The maximum atomic E-state index is 12.5. The first kappa shape index (κ1) is 16.4. The van der Waals surface area contributed by atoms with E-state index in [9.17, 15) is 8.42 Å². The maximum absolute atomic E-state index is 12.5. The van der Waals surface area contributed by atoms with Crippen molar-refractivity contribution in [3.63, 3.8) is 0 Å². The molecule has 2 aromatic heterocycles. The molecule has 3 rings (SSSR count). The van der Waals surface area contributed by atoms with Gasteiger partial charge in [-0.15, -0.1) is 0 Å². The third-order valence-electron chi connectivity index (χ3n) is 3.57. The molecule has 2 heterocycles. The van der Waals surface area contributed by atoms with Crippen molar-refractivity contribution in [2.75, 3.05) is 0 Å². The van der Waals surface area contributed by atoms with E-state index in [1.54, 1.807) is 36.3 Å². The van der Waals surface area contributed by atoms with Crippen LogP contribution in [0.1, 0.15) is 16.8 Å². The largest absolute Gasteiger partial charge is 0.267 e. The van der Waals surface area contributed by atoms with Gasteiger partial charge in [-0.25, -0.2) is 13.1 Å². The average Bonchev–Trinajstić information content (AvgIpc) is 2.96. The molecule has 24 heavy (non-hydrogen) atoms. The van der Waals surface area contributed by atoms with Crippen LogP contribution in [0.5, 0.6) is 0 Å². The highest BCUT2D eigenvalue weighted by atomic mass is 32.2. The summed E-state index contributed by atoms with van der Waals surface area (Å²) in [5.41, 5.74) is 2.34. The zero-order valence-electron chi connectivity index (χ0n) is 13.3. The summed E-state index contributed by atoms with van der Waals surface area (Å²) in [6.45, 7) is 2.42. The van der Waals surface area contributed by atoms with Crippen molar-refractivity contribution >= 4 is 10.0 Å². The third-order valence-corrected chi connectivity index (χ3v) is 5.07. The number of nitrogens with one attached hydrogen (secondary N) is 1. The summed E-state index contributed by atoms with van der Waals surface area (Å²) < 4.78 is 29.2. The minimum Gasteiger partial charge on any atom is -0.267 e. The summed E-state index contributed by atoms with van der Waals surface area (Å²) in [7, 11) is -3.62. The van der Waals surface area contributed by atoms with Crippen molar-refractivity contribution in [3.8, 4) is 0 Å². The zero-order chi connectivity index (χ0) is 17.0. The Balaban J connectivity index is 1.76. The molecule has 0 bridgehead atoms. The van der Waals surface area contributed by atoms with Crippen LogP contribution in [0, 0.1) is 6.92 Å². The number of hydrogen-bond acceptors (Lipinski definition) is 4. The monoisotopic (exact) mass is 342 g/mol. The molecular formula is C17H18N4O2S. The standard InChI is InChI=1S/C17H18N4O2S/c1-14-17(13-21(20-14)12-15-6-3-2-4-7-15)24(22,23)19-11-16-8-5-9-18-10-16/h2-10,13,19H,11-12H2,1H3. The molecule has 0 atom stereocenters. The normalized spacial score (nSPS) is 11.5. The summed E-state index contributed by atoms with van der Waals surface area (Å²) in [6, 6.07) is 13.4. The Labute approximate surface area is 141 Å². The van der Waals surface area contributed by atoms with E-state index in [1.165, 1.54) is 0 Å². The molecule has 1 N–H and O–H groups in total. The molecule has 0 fully saturated rings. The lowest BCUT2D eigenvalue weighted by molar-refractivity contribution is 0.580. The third kappa shape index (κ3) is 3.87. The minimum atomic E-state index is -3.62. The Morgan fingerprint density at radius 3 is 2.54 bits per heavy atom. The van der Waals surface area contributed by atoms with Crippen molar-refractivity contribution in [1.82, 2.24) is 19.5 Å². The lowest BCUT2D eigenvalue weighted by atomic mass is 10.2. The topological polar surface area (TPSA) is 76.9 Å². The number of aryl methyl sites for hydroxylation is 1. The van der Waals surface area contributed by atoms with Gasteiger partial charge < -0.3 is 0 Å². The number of pyridine rings is 1. The predicted octanol–water partition coefficient (Wildman–Crippen LogP) is 2.11. The number of sulfonamides is 1. The van der Waals surface area contributed by atoms with Crippen LogP contribution in [-0.2, 0) is 23.1 Å². The first-order valence-corrected chi connectivity index (χ1v) is 8.99. The van der Waals surface area contributed by atoms with Crippen molar-refractivity contribution in [1.29, 1.82) is 0 Å². The van der Waals surface area contributed by atoms with E-state index in [1.807, 2.05) is 36.4 Å². The number of nitrogens with zero attached hydrogens (tertiary/aromatic N) is 3. The fourth-order valence-corrected chi connectivity index (χ4v) is 3.58. The van der Waals surface area contributed by atoms with Crippen LogP contribution in [0.15, 0.2) is 66.0 Å². The van der Waals surface area contributed by atoms with E-state index in [0.717, 1.165) is 11.1 Å². The molecule has 7 heteroatoms. The molecule has 6 nitrogen and oxygen atoms in total. The Morgan fingerprint density at radius 1 is 1.08 bits per heavy atom. The smallest absolute Gasteiger partial charge is 0.244 e. The zero-order valence-corrected chi connectivity index (χ0v) is 14.1. The van der Waals surface area contributed by atoms with Crippen molar-refractivity contribution < 1.29 is 8.42 Å². The first-order chi connectivity index (χ1) is 11.5. The Hall–Kier alpha value is -2.51. The van der Waals surface area contributed by atoms with Crippen LogP contribution in [0.25, 0.3) is 0 Å².